The van der Waals surface area contributed by atoms with E-state index in [-0.39, 0.29) is 17.5 Å². The molecule has 3 rings (SSSR count). The maximum Gasteiger partial charge on any atom is 0.311 e. The lowest BCUT2D eigenvalue weighted by Crippen LogP contribution is -2.31. The van der Waals surface area contributed by atoms with Crippen LogP contribution in [0.3, 0.4) is 0 Å². The minimum absolute atomic E-state index is 0.0410. The first-order valence-corrected chi connectivity index (χ1v) is 7.99. The molecule has 8 heteroatoms. The molecule has 0 bridgehead atoms. The molecule has 0 aliphatic rings. The van der Waals surface area contributed by atoms with E-state index in [2.05, 4.69) is 9.97 Å². The summed E-state index contributed by atoms with van der Waals surface area (Å²) in [5.41, 5.74) is 0.697. The van der Waals surface area contributed by atoms with Crippen LogP contribution in [0.4, 0.5) is 6.01 Å². The van der Waals surface area contributed by atoms with Crippen molar-refractivity contribution in [3.05, 3.63) is 49.2 Å². The normalized spacial score (nSPS) is 11.5. The van der Waals surface area contributed by atoms with Crippen molar-refractivity contribution in [1.29, 1.82) is 0 Å². The molecule has 0 atom stereocenters. The third-order valence-electron chi connectivity index (χ3n) is 3.04. The van der Waals surface area contributed by atoms with E-state index in [9.17, 15) is 8.42 Å². The van der Waals surface area contributed by atoms with Crippen LogP contribution < -0.4 is 4.31 Å². The molecule has 0 amide bonds. The van der Waals surface area contributed by atoms with Crippen LogP contribution >= 0.6 is 0 Å². The van der Waals surface area contributed by atoms with Gasteiger partial charge in [0.2, 0.25) is 5.89 Å². The van der Waals surface area contributed by atoms with Crippen molar-refractivity contribution in [2.75, 3.05) is 10.8 Å². The van der Waals surface area contributed by atoms with E-state index in [1.54, 1.807) is 19.1 Å². The highest BCUT2D eigenvalue weighted by molar-refractivity contribution is 7.92. The Labute approximate surface area is 127 Å². The maximum atomic E-state index is 12.6. The highest BCUT2D eigenvalue weighted by Gasteiger charge is 2.26. The van der Waals surface area contributed by atoms with E-state index in [0.717, 1.165) is 4.31 Å². The first-order chi connectivity index (χ1) is 10.6. The topological polar surface area (TPSA) is 89.4 Å². The molecule has 0 aliphatic heterocycles. The largest absolute Gasteiger partial charge is 0.445 e. The first-order valence-electron chi connectivity index (χ1n) is 6.55. The zero-order valence-corrected chi connectivity index (χ0v) is 12.5. The fourth-order valence-corrected chi connectivity index (χ4v) is 3.38. The van der Waals surface area contributed by atoms with Crippen molar-refractivity contribution in [3.63, 3.8) is 0 Å². The zero-order chi connectivity index (χ0) is 15.6. The van der Waals surface area contributed by atoms with Gasteiger partial charge < -0.3 is 8.83 Å². The van der Waals surface area contributed by atoms with Crippen LogP contribution in [0.15, 0.2) is 62.9 Å². The molecule has 0 spiro atoms. The minimum Gasteiger partial charge on any atom is -0.445 e. The summed E-state index contributed by atoms with van der Waals surface area (Å²) < 4.78 is 36.7. The Balaban J connectivity index is 1.95. The molecule has 0 saturated carbocycles. The summed E-state index contributed by atoms with van der Waals surface area (Å²) >= 11 is 0. The highest BCUT2D eigenvalue weighted by atomic mass is 32.2. The first kappa shape index (κ1) is 14.3. The van der Waals surface area contributed by atoms with Gasteiger partial charge in [-0.2, -0.15) is 0 Å². The van der Waals surface area contributed by atoms with Gasteiger partial charge in [-0.3, -0.25) is 0 Å². The zero-order valence-electron chi connectivity index (χ0n) is 11.7. The number of aromatic nitrogens is 2. The van der Waals surface area contributed by atoms with Crippen molar-refractivity contribution in [2.24, 2.45) is 0 Å². The van der Waals surface area contributed by atoms with Gasteiger partial charge in [0, 0.05) is 12.1 Å². The van der Waals surface area contributed by atoms with Crippen LogP contribution in [0.2, 0.25) is 0 Å². The Morgan fingerprint density at radius 2 is 1.73 bits per heavy atom. The summed E-state index contributed by atoms with van der Waals surface area (Å²) in [6, 6.07) is 6.32. The number of hydrogen-bond donors (Lipinski definition) is 0. The van der Waals surface area contributed by atoms with Gasteiger partial charge in [0.05, 0.1) is 17.3 Å². The van der Waals surface area contributed by atoms with Gasteiger partial charge in [-0.15, -0.1) is 0 Å². The lowest BCUT2D eigenvalue weighted by molar-refractivity contribution is 0.545. The molecule has 114 valence electrons. The fraction of sp³-hybridized carbons (Fsp3) is 0.143. The second kappa shape index (κ2) is 5.64. The summed E-state index contributed by atoms with van der Waals surface area (Å²) in [7, 11) is -3.73. The molecule has 0 N–H and O–H groups in total. The van der Waals surface area contributed by atoms with Crippen LogP contribution in [0.1, 0.15) is 6.92 Å². The van der Waals surface area contributed by atoms with Crippen LogP contribution in [-0.2, 0) is 10.0 Å². The summed E-state index contributed by atoms with van der Waals surface area (Å²) in [6.45, 7) is 1.92. The summed E-state index contributed by atoms with van der Waals surface area (Å²) in [4.78, 5) is 8.05. The number of benzene rings is 1. The Hall–Kier alpha value is -2.61. The van der Waals surface area contributed by atoms with E-state index in [1.165, 1.54) is 37.1 Å². The average molecular weight is 319 g/mol. The molecule has 1 aromatic carbocycles. The fourth-order valence-electron chi connectivity index (χ4n) is 2.01. The molecule has 7 nitrogen and oxygen atoms in total. The Kier molecular flexibility index (Phi) is 3.68. The van der Waals surface area contributed by atoms with E-state index in [1.807, 2.05) is 0 Å². The number of nitrogens with zero attached hydrogens (tertiary/aromatic N) is 3. The van der Waals surface area contributed by atoms with Crippen LogP contribution in [0.5, 0.6) is 0 Å². The van der Waals surface area contributed by atoms with Gasteiger partial charge in [0.1, 0.15) is 12.5 Å². The van der Waals surface area contributed by atoms with E-state index in [4.69, 9.17) is 8.83 Å². The molecule has 0 radical (unpaired) electrons. The molecule has 2 aromatic heterocycles. The third kappa shape index (κ3) is 2.48. The average Bonchev–Trinajstić information content (AvgIpc) is 3.21. The molecule has 2 heterocycles. The van der Waals surface area contributed by atoms with Gasteiger partial charge in [0.25, 0.3) is 10.0 Å². The van der Waals surface area contributed by atoms with Gasteiger partial charge in [-0.05, 0) is 31.2 Å². The summed E-state index contributed by atoms with van der Waals surface area (Å²) in [5, 5.41) is 0. The molecular formula is C14H13N3O4S. The molecule has 0 aliphatic carbocycles. The smallest absolute Gasteiger partial charge is 0.311 e. The highest BCUT2D eigenvalue weighted by Crippen LogP contribution is 2.24. The predicted octanol–water partition coefficient (Wildman–Crippen LogP) is 2.54. The molecule has 3 aromatic rings. The predicted molar refractivity (Wildman–Crippen MR) is 78.6 cm³/mol. The number of oxazole rings is 2. The van der Waals surface area contributed by atoms with E-state index < -0.39 is 10.0 Å². The number of anilines is 1. The number of hydrogen-bond acceptors (Lipinski definition) is 6. The number of sulfonamides is 1. The lowest BCUT2D eigenvalue weighted by Gasteiger charge is -2.18. The Morgan fingerprint density at radius 3 is 2.27 bits per heavy atom. The molecule has 0 unspecified atom stereocenters. The molecule has 0 fully saturated rings. The standard InChI is InChI=1S/C14H13N3O4S/c1-2-17(14-16-8-10-21-14)22(18,19)12-5-3-11(4-6-12)13-15-7-9-20-13/h3-10H,2H2,1H3. The van der Waals surface area contributed by atoms with Crippen molar-refractivity contribution in [3.8, 4) is 11.5 Å². The third-order valence-corrected chi connectivity index (χ3v) is 4.90. The van der Waals surface area contributed by atoms with Crippen molar-refractivity contribution in [1.82, 2.24) is 9.97 Å². The second-order valence-electron chi connectivity index (χ2n) is 4.35. The maximum absolute atomic E-state index is 12.6. The molecule has 0 saturated heterocycles. The second-order valence-corrected chi connectivity index (χ2v) is 6.21. The Bertz CT molecular complexity index is 825. The van der Waals surface area contributed by atoms with Crippen molar-refractivity contribution in [2.45, 2.75) is 11.8 Å². The molecular weight excluding hydrogens is 306 g/mol. The van der Waals surface area contributed by atoms with E-state index in [0.29, 0.717) is 11.5 Å². The van der Waals surface area contributed by atoms with Gasteiger partial charge >= 0.3 is 6.01 Å². The molecule has 22 heavy (non-hydrogen) atoms. The summed E-state index contributed by atoms with van der Waals surface area (Å²) in [5.74, 6) is 0.434. The van der Waals surface area contributed by atoms with Crippen LogP contribution in [-0.4, -0.2) is 24.9 Å². The van der Waals surface area contributed by atoms with Gasteiger partial charge in [-0.1, -0.05) is 0 Å². The Morgan fingerprint density at radius 1 is 1.05 bits per heavy atom. The van der Waals surface area contributed by atoms with Crippen LogP contribution in [0.25, 0.3) is 11.5 Å². The number of rotatable bonds is 5. The SMILES string of the molecule is CCN(c1ncco1)S(=O)(=O)c1ccc(-c2ncco2)cc1. The lowest BCUT2D eigenvalue weighted by atomic mass is 10.2. The quantitative estimate of drug-likeness (QED) is 0.718. The van der Waals surface area contributed by atoms with Gasteiger partial charge in [0.15, 0.2) is 0 Å². The minimum atomic E-state index is -3.73. The summed E-state index contributed by atoms with van der Waals surface area (Å²) in [6.07, 6.45) is 5.72. The van der Waals surface area contributed by atoms with Gasteiger partial charge in [-0.25, -0.2) is 22.7 Å². The van der Waals surface area contributed by atoms with Crippen molar-refractivity contribution >= 4 is 16.0 Å². The van der Waals surface area contributed by atoms with Crippen LogP contribution in [0, 0.1) is 0 Å². The van der Waals surface area contributed by atoms with E-state index >= 15 is 0 Å². The van der Waals surface area contributed by atoms with Crippen molar-refractivity contribution < 1.29 is 17.3 Å². The monoisotopic (exact) mass is 319 g/mol.